The van der Waals surface area contributed by atoms with Crippen LogP contribution in [0.2, 0.25) is 0 Å². The van der Waals surface area contributed by atoms with Gasteiger partial charge in [0.1, 0.15) is 5.75 Å². The van der Waals surface area contributed by atoms with Crippen LogP contribution >= 0.6 is 0 Å². The van der Waals surface area contributed by atoms with Gasteiger partial charge in [0.2, 0.25) is 11.9 Å². The molecule has 1 aromatic carbocycles. The average Bonchev–Trinajstić information content (AvgIpc) is 2.72. The number of hydrogen-bond donors (Lipinski definition) is 2. The van der Waals surface area contributed by atoms with Gasteiger partial charge in [-0.15, -0.1) is 0 Å². The fraction of sp³-hybridized carbons (Fsp3) is 0.421. The molecule has 29 heavy (non-hydrogen) atoms. The average molecular weight is 403 g/mol. The molecule has 10 nitrogen and oxygen atoms in total. The van der Waals surface area contributed by atoms with Crippen LogP contribution in [0.25, 0.3) is 0 Å². The van der Waals surface area contributed by atoms with Crippen molar-refractivity contribution < 1.29 is 23.8 Å². The highest BCUT2D eigenvalue weighted by Gasteiger charge is 2.12. The molecule has 0 aliphatic heterocycles. The second-order valence-corrected chi connectivity index (χ2v) is 6.03. The highest BCUT2D eigenvalue weighted by molar-refractivity contribution is 5.90. The Morgan fingerprint density at radius 3 is 2.38 bits per heavy atom. The summed E-state index contributed by atoms with van der Waals surface area (Å²) in [4.78, 5) is 35.8. The van der Waals surface area contributed by atoms with Gasteiger partial charge in [-0.2, -0.15) is 15.0 Å². The Kier molecular flexibility index (Phi) is 8.13. The fourth-order valence-corrected chi connectivity index (χ4v) is 2.06. The van der Waals surface area contributed by atoms with Crippen LogP contribution in [0.1, 0.15) is 37.6 Å². The standard InChI is InChI=1S/C19H25N5O5/c1-5-12(3)21-18-22-17(20-6-2)23-19(24-18)29-14-9-7-13(8-10-14)16(26)28-11-15(25)27-4/h7-10,12H,5-6,11H2,1-4H3,(H2,20,21,22,23,24)/t12-/m1/s1. The van der Waals surface area contributed by atoms with Crippen molar-refractivity contribution in [3.05, 3.63) is 29.8 Å². The molecule has 1 heterocycles. The van der Waals surface area contributed by atoms with Crippen molar-refractivity contribution in [3.8, 4) is 11.8 Å². The molecule has 2 aromatic rings. The second kappa shape index (κ2) is 10.8. The number of nitrogens with one attached hydrogen (secondary N) is 2. The van der Waals surface area contributed by atoms with E-state index in [0.717, 1.165) is 6.42 Å². The molecule has 1 aromatic heterocycles. The number of carbonyl (C=O) groups is 2. The van der Waals surface area contributed by atoms with E-state index < -0.39 is 18.5 Å². The number of carbonyl (C=O) groups excluding carboxylic acids is 2. The number of methoxy groups -OCH3 is 1. The van der Waals surface area contributed by atoms with Gasteiger partial charge in [0, 0.05) is 12.6 Å². The third-order valence-corrected chi connectivity index (χ3v) is 3.79. The zero-order valence-corrected chi connectivity index (χ0v) is 16.9. The third-order valence-electron chi connectivity index (χ3n) is 3.79. The summed E-state index contributed by atoms with van der Waals surface area (Å²) in [5, 5.41) is 6.22. The van der Waals surface area contributed by atoms with Gasteiger partial charge in [-0.3, -0.25) is 0 Å². The predicted octanol–water partition coefficient (Wildman–Crippen LogP) is 2.64. The molecule has 10 heteroatoms. The molecule has 2 N–H and O–H groups in total. The van der Waals surface area contributed by atoms with Crippen molar-refractivity contribution >= 4 is 23.8 Å². The Hall–Kier alpha value is -3.43. The zero-order chi connectivity index (χ0) is 21.2. The molecule has 0 aliphatic carbocycles. The molecular weight excluding hydrogens is 378 g/mol. The first-order valence-corrected chi connectivity index (χ1v) is 9.23. The molecule has 1 atom stereocenters. The molecule has 2 rings (SSSR count). The van der Waals surface area contributed by atoms with E-state index in [-0.39, 0.29) is 17.6 Å². The van der Waals surface area contributed by atoms with Crippen LogP contribution in [-0.4, -0.2) is 53.2 Å². The van der Waals surface area contributed by atoms with Crippen LogP contribution in [0.3, 0.4) is 0 Å². The van der Waals surface area contributed by atoms with Gasteiger partial charge in [0.05, 0.1) is 12.7 Å². The van der Waals surface area contributed by atoms with E-state index in [9.17, 15) is 9.59 Å². The Morgan fingerprint density at radius 1 is 1.07 bits per heavy atom. The minimum absolute atomic E-state index is 0.114. The summed E-state index contributed by atoms with van der Waals surface area (Å²) >= 11 is 0. The van der Waals surface area contributed by atoms with Crippen molar-refractivity contribution in [2.75, 3.05) is 30.9 Å². The van der Waals surface area contributed by atoms with Crippen LogP contribution in [0.15, 0.2) is 24.3 Å². The van der Waals surface area contributed by atoms with Crippen LogP contribution < -0.4 is 15.4 Å². The maximum Gasteiger partial charge on any atom is 0.344 e. The van der Waals surface area contributed by atoms with Crippen LogP contribution in [0.5, 0.6) is 11.8 Å². The Balaban J connectivity index is 2.10. The second-order valence-electron chi connectivity index (χ2n) is 6.03. The van der Waals surface area contributed by atoms with Gasteiger partial charge in [0.25, 0.3) is 0 Å². The van der Waals surface area contributed by atoms with E-state index in [1.54, 1.807) is 12.1 Å². The fourth-order valence-electron chi connectivity index (χ4n) is 2.06. The molecule has 0 radical (unpaired) electrons. The third kappa shape index (κ3) is 6.91. The van der Waals surface area contributed by atoms with Gasteiger partial charge in [-0.25, -0.2) is 9.59 Å². The molecule has 156 valence electrons. The van der Waals surface area contributed by atoms with Crippen LogP contribution in [0.4, 0.5) is 11.9 Å². The largest absolute Gasteiger partial charge is 0.466 e. The first kappa shape index (κ1) is 21.9. The number of hydrogen-bond acceptors (Lipinski definition) is 10. The van der Waals surface area contributed by atoms with E-state index in [1.807, 2.05) is 13.8 Å². The SMILES string of the molecule is CCNc1nc(N[C@H](C)CC)nc(Oc2ccc(C(=O)OCC(=O)OC)cc2)n1. The van der Waals surface area contributed by atoms with Crippen molar-refractivity contribution in [1.29, 1.82) is 0 Å². The summed E-state index contributed by atoms with van der Waals surface area (Å²) in [5.41, 5.74) is 0.268. The number of ether oxygens (including phenoxy) is 3. The number of benzene rings is 1. The summed E-state index contributed by atoms with van der Waals surface area (Å²) in [6.45, 7) is 6.21. The summed E-state index contributed by atoms with van der Waals surface area (Å²) in [6.07, 6.45) is 0.909. The van der Waals surface area contributed by atoms with Gasteiger partial charge in [-0.05, 0) is 44.5 Å². The van der Waals surface area contributed by atoms with E-state index in [1.165, 1.54) is 19.2 Å². The molecular formula is C19H25N5O5. The quantitative estimate of drug-likeness (QED) is 0.572. The molecule has 0 unspecified atom stereocenters. The van der Waals surface area contributed by atoms with Gasteiger partial charge in [-0.1, -0.05) is 6.92 Å². The predicted molar refractivity (Wildman–Crippen MR) is 106 cm³/mol. The monoisotopic (exact) mass is 403 g/mol. The van der Waals surface area contributed by atoms with Crippen molar-refractivity contribution in [3.63, 3.8) is 0 Å². The summed E-state index contributed by atoms with van der Waals surface area (Å²) in [7, 11) is 1.22. The lowest BCUT2D eigenvalue weighted by molar-refractivity contribution is -0.144. The van der Waals surface area contributed by atoms with E-state index in [2.05, 4.69) is 37.2 Å². The maximum atomic E-state index is 11.9. The van der Waals surface area contributed by atoms with Gasteiger partial charge < -0.3 is 24.8 Å². The maximum absolute atomic E-state index is 11.9. The highest BCUT2D eigenvalue weighted by Crippen LogP contribution is 2.21. The molecule has 0 bridgehead atoms. The highest BCUT2D eigenvalue weighted by atomic mass is 16.6. The van der Waals surface area contributed by atoms with E-state index in [0.29, 0.717) is 24.2 Å². The van der Waals surface area contributed by atoms with Gasteiger partial charge in [0.15, 0.2) is 6.61 Å². The Bertz CT molecular complexity index is 828. The minimum Gasteiger partial charge on any atom is -0.466 e. The van der Waals surface area contributed by atoms with Crippen LogP contribution in [0, 0.1) is 0 Å². The van der Waals surface area contributed by atoms with Crippen molar-refractivity contribution in [2.45, 2.75) is 33.2 Å². The van der Waals surface area contributed by atoms with E-state index >= 15 is 0 Å². The van der Waals surface area contributed by atoms with Gasteiger partial charge >= 0.3 is 17.9 Å². The Morgan fingerprint density at radius 2 is 1.76 bits per heavy atom. The molecule has 0 aliphatic rings. The number of aromatic nitrogens is 3. The number of anilines is 2. The lowest BCUT2D eigenvalue weighted by Gasteiger charge is -2.13. The van der Waals surface area contributed by atoms with Crippen molar-refractivity contribution in [1.82, 2.24) is 15.0 Å². The first-order chi connectivity index (χ1) is 13.9. The van der Waals surface area contributed by atoms with Crippen LogP contribution in [-0.2, 0) is 14.3 Å². The number of esters is 2. The van der Waals surface area contributed by atoms with Crippen molar-refractivity contribution in [2.24, 2.45) is 0 Å². The minimum atomic E-state index is -0.642. The lowest BCUT2D eigenvalue weighted by atomic mass is 10.2. The first-order valence-electron chi connectivity index (χ1n) is 9.23. The van der Waals surface area contributed by atoms with E-state index in [4.69, 9.17) is 9.47 Å². The smallest absolute Gasteiger partial charge is 0.344 e. The summed E-state index contributed by atoms with van der Waals surface area (Å²) in [6, 6.07) is 6.48. The molecule has 0 spiro atoms. The summed E-state index contributed by atoms with van der Waals surface area (Å²) in [5.74, 6) is -0.0460. The number of nitrogens with zero attached hydrogens (tertiary/aromatic N) is 3. The Labute approximate surface area is 169 Å². The zero-order valence-electron chi connectivity index (χ0n) is 16.9. The molecule has 0 saturated heterocycles. The normalized spacial score (nSPS) is 11.3. The molecule has 0 fully saturated rings. The summed E-state index contributed by atoms with van der Waals surface area (Å²) < 4.78 is 15.0. The molecule has 0 saturated carbocycles. The topological polar surface area (TPSA) is 125 Å². The molecule has 0 amide bonds. The number of rotatable bonds is 10. The lowest BCUT2D eigenvalue weighted by Crippen LogP contribution is -2.17.